The van der Waals surface area contributed by atoms with Gasteiger partial charge in [0.1, 0.15) is 11.2 Å². The zero-order chi connectivity index (χ0) is 52.3. The number of anilines is 9. The van der Waals surface area contributed by atoms with Crippen LogP contribution in [0.3, 0.4) is 0 Å². The van der Waals surface area contributed by atoms with Crippen LogP contribution in [-0.4, -0.2) is 22.6 Å². The van der Waals surface area contributed by atoms with E-state index in [0.717, 1.165) is 45.0 Å². The van der Waals surface area contributed by atoms with Crippen molar-refractivity contribution in [3.05, 3.63) is 249 Å². The van der Waals surface area contributed by atoms with E-state index in [0.29, 0.717) is 0 Å². The van der Waals surface area contributed by atoms with Gasteiger partial charge in [0.15, 0.2) is 0 Å². The van der Waals surface area contributed by atoms with Gasteiger partial charge in [-0.2, -0.15) is 0 Å². The van der Waals surface area contributed by atoms with Crippen LogP contribution in [0.4, 0.5) is 51.2 Å². The van der Waals surface area contributed by atoms with Crippen molar-refractivity contribution < 1.29 is 4.42 Å². The minimum atomic E-state index is -0.137. The molecular weight excluding hydrogens is 1000 g/mol. The molecule has 8 heterocycles. The number of para-hydroxylation sites is 8. The fourth-order valence-electron chi connectivity index (χ4n) is 15.3. The Hall–Kier alpha value is -10.1. The summed E-state index contributed by atoms with van der Waals surface area (Å²) in [6, 6.07) is 92.9. The molecule has 0 unspecified atom stereocenters. The maximum Gasteiger partial charge on any atom is 0.252 e. The SMILES string of the molecule is c1ccc(N2c3cc(-n4c5ccccc5c5ccccc54)ccc3B3c4cccc5c4N4c6c3c2cc2c6B(c3ccc(-n6c7ccccc7c7ccccc76)cc3N2c2ccccc2)c2cc3oc6ccccc6c3c(c24)S5)cc1. The molecule has 5 aliphatic heterocycles. The predicted molar refractivity (Wildman–Crippen MR) is 340 cm³/mol. The zero-order valence-corrected chi connectivity index (χ0v) is 44.2. The molecule has 0 saturated heterocycles. The summed E-state index contributed by atoms with van der Waals surface area (Å²) in [7, 11) is 0. The molecule has 15 aromatic rings. The van der Waals surface area contributed by atoms with Crippen LogP contribution >= 0.6 is 11.8 Å². The first kappa shape index (κ1) is 42.9. The second kappa shape index (κ2) is 15.4. The largest absolute Gasteiger partial charge is 0.456 e. The van der Waals surface area contributed by atoms with Gasteiger partial charge >= 0.3 is 0 Å². The molecule has 20 rings (SSSR count). The quantitative estimate of drug-likeness (QED) is 0.164. The Bertz CT molecular complexity index is 5230. The molecule has 0 aliphatic carbocycles. The second-order valence-electron chi connectivity index (χ2n) is 22.3. The number of fused-ring (bicyclic) bond motifs is 16. The van der Waals surface area contributed by atoms with Crippen molar-refractivity contribution in [2.75, 3.05) is 14.7 Å². The molecule has 0 amide bonds. The molecular formula is C72H41B2N5OS. The lowest BCUT2D eigenvalue weighted by Gasteiger charge is -2.52. The maximum absolute atomic E-state index is 7.00. The summed E-state index contributed by atoms with van der Waals surface area (Å²) in [6.45, 7) is -0.205. The summed E-state index contributed by atoms with van der Waals surface area (Å²) >= 11 is 1.92. The van der Waals surface area contributed by atoms with Gasteiger partial charge in [-0.25, -0.2) is 0 Å². The van der Waals surface area contributed by atoms with Crippen LogP contribution in [0.15, 0.2) is 263 Å². The second-order valence-corrected chi connectivity index (χ2v) is 23.3. The summed E-state index contributed by atoms with van der Waals surface area (Å²) in [5.74, 6) is 0. The van der Waals surface area contributed by atoms with Gasteiger partial charge in [0, 0.05) is 93.3 Å². The first-order valence-electron chi connectivity index (χ1n) is 28.0. The summed E-state index contributed by atoms with van der Waals surface area (Å²) in [4.78, 5) is 10.4. The first-order valence-corrected chi connectivity index (χ1v) is 28.8. The van der Waals surface area contributed by atoms with Crippen LogP contribution in [0, 0.1) is 0 Å². The Kier molecular flexibility index (Phi) is 8.15. The van der Waals surface area contributed by atoms with Gasteiger partial charge in [-0.05, 0) is 130 Å². The van der Waals surface area contributed by atoms with E-state index in [1.54, 1.807) is 0 Å². The summed E-state index contributed by atoms with van der Waals surface area (Å²) in [5, 5.41) is 7.31. The smallest absolute Gasteiger partial charge is 0.252 e. The number of benzene rings is 12. The number of furan rings is 1. The standard InChI is InChI=1S/C72H41B2N5OS/c1-3-18-42(19-4-1)75-59-38-44(77-55-28-12-7-22-46(55)47-23-8-13-29-56(47)77)34-36-51(59)73-53-27-17-33-65-69(53)79-70-54(40-64-66(72(70)81-65)50-26-11-16-32-63(50)80-64)74-52-37-35-45(78-57-30-14-9-24-48(57)49-25-10-15-31-58(49)78)39-60(52)76(43-20-5-2-6-21-43)62-41-61(75)67(73)71(79)68(62)74/h1-41H. The van der Waals surface area contributed by atoms with Crippen LogP contribution in [0.25, 0.3) is 76.9 Å². The molecule has 3 aromatic heterocycles. The van der Waals surface area contributed by atoms with Gasteiger partial charge < -0.3 is 28.3 Å². The number of rotatable bonds is 4. The first-order chi connectivity index (χ1) is 40.2. The van der Waals surface area contributed by atoms with Crippen LogP contribution in [0.1, 0.15) is 0 Å². The lowest BCUT2D eigenvalue weighted by atomic mass is 9.28. The van der Waals surface area contributed by atoms with Crippen LogP contribution in [0.2, 0.25) is 0 Å². The third-order valence-corrected chi connectivity index (χ3v) is 19.5. The van der Waals surface area contributed by atoms with Crippen LogP contribution in [0.5, 0.6) is 0 Å². The van der Waals surface area contributed by atoms with Crippen molar-refractivity contribution in [2.45, 2.75) is 9.79 Å². The van der Waals surface area contributed by atoms with Gasteiger partial charge in [0.25, 0.3) is 13.4 Å². The minimum absolute atomic E-state index is 0.0687. The van der Waals surface area contributed by atoms with E-state index in [9.17, 15) is 0 Å². The van der Waals surface area contributed by atoms with E-state index >= 15 is 0 Å². The van der Waals surface area contributed by atoms with Crippen molar-refractivity contribution in [1.29, 1.82) is 0 Å². The highest BCUT2D eigenvalue weighted by molar-refractivity contribution is 8.00. The minimum Gasteiger partial charge on any atom is -0.456 e. The molecule has 0 N–H and O–H groups in total. The summed E-state index contributed by atoms with van der Waals surface area (Å²) in [5.41, 5.74) is 27.4. The number of hydrogen-bond donors (Lipinski definition) is 0. The zero-order valence-electron chi connectivity index (χ0n) is 43.4. The fourth-order valence-corrected chi connectivity index (χ4v) is 16.6. The molecule has 12 aromatic carbocycles. The molecule has 0 atom stereocenters. The molecule has 0 bridgehead atoms. The predicted octanol–water partition coefficient (Wildman–Crippen LogP) is 14.9. The number of nitrogens with zero attached hydrogens (tertiary/aromatic N) is 5. The van der Waals surface area contributed by atoms with E-state index in [1.807, 2.05) is 11.8 Å². The van der Waals surface area contributed by atoms with Gasteiger partial charge in [-0.1, -0.05) is 163 Å². The van der Waals surface area contributed by atoms with E-state index < -0.39 is 0 Å². The van der Waals surface area contributed by atoms with E-state index in [4.69, 9.17) is 4.42 Å². The highest BCUT2D eigenvalue weighted by atomic mass is 32.2. The van der Waals surface area contributed by atoms with Crippen molar-refractivity contribution in [1.82, 2.24) is 9.13 Å². The Morgan fingerprint density at radius 1 is 0.309 bits per heavy atom. The lowest BCUT2D eigenvalue weighted by molar-refractivity contribution is 0.669. The Balaban J connectivity index is 0.940. The van der Waals surface area contributed by atoms with Crippen molar-refractivity contribution >= 4 is 175 Å². The Labute approximate surface area is 470 Å². The molecule has 0 fully saturated rings. The molecule has 6 nitrogen and oxygen atoms in total. The average molecular weight is 1050 g/mol. The fraction of sp³-hybridized carbons (Fsp3) is 0. The molecule has 0 spiro atoms. The lowest BCUT2D eigenvalue weighted by Crippen LogP contribution is -2.69. The normalized spacial score (nSPS) is 14.0. The molecule has 0 radical (unpaired) electrons. The van der Waals surface area contributed by atoms with E-state index in [-0.39, 0.29) is 13.4 Å². The Morgan fingerprint density at radius 3 is 1.33 bits per heavy atom. The van der Waals surface area contributed by atoms with Gasteiger partial charge in [-0.3, -0.25) is 0 Å². The van der Waals surface area contributed by atoms with Crippen molar-refractivity contribution in [3.63, 3.8) is 0 Å². The monoisotopic (exact) mass is 1050 g/mol. The van der Waals surface area contributed by atoms with Gasteiger partial charge in [0.2, 0.25) is 0 Å². The molecule has 81 heavy (non-hydrogen) atoms. The summed E-state index contributed by atoms with van der Waals surface area (Å²) in [6.07, 6.45) is 0. The van der Waals surface area contributed by atoms with Crippen LogP contribution < -0.4 is 47.5 Å². The molecule has 0 saturated carbocycles. The van der Waals surface area contributed by atoms with Gasteiger partial charge in [-0.15, -0.1) is 0 Å². The molecule has 5 aliphatic rings. The topological polar surface area (TPSA) is 32.7 Å². The van der Waals surface area contributed by atoms with Crippen molar-refractivity contribution in [2.24, 2.45) is 0 Å². The summed E-state index contributed by atoms with van der Waals surface area (Å²) < 4.78 is 11.9. The third kappa shape index (κ3) is 5.38. The van der Waals surface area contributed by atoms with Gasteiger partial charge in [0.05, 0.1) is 33.4 Å². The van der Waals surface area contributed by atoms with Crippen molar-refractivity contribution in [3.8, 4) is 11.4 Å². The van der Waals surface area contributed by atoms with Crippen LogP contribution in [-0.2, 0) is 0 Å². The third-order valence-electron chi connectivity index (χ3n) is 18.4. The van der Waals surface area contributed by atoms with E-state index in [1.165, 1.54) is 126 Å². The molecule has 372 valence electrons. The highest BCUT2D eigenvalue weighted by Crippen LogP contribution is 2.59. The number of aromatic nitrogens is 2. The highest BCUT2D eigenvalue weighted by Gasteiger charge is 2.54. The maximum atomic E-state index is 7.00. The average Bonchev–Trinajstić information content (AvgIpc) is 1.50. The van der Waals surface area contributed by atoms with E-state index in [2.05, 4.69) is 273 Å². The molecule has 9 heteroatoms. The Morgan fingerprint density at radius 2 is 0.790 bits per heavy atom. The number of hydrogen-bond acceptors (Lipinski definition) is 5.